The maximum atomic E-state index is 12.4. The molecule has 0 aliphatic carbocycles. The Hall–Kier alpha value is -2.22. The summed E-state index contributed by atoms with van der Waals surface area (Å²) in [6.07, 6.45) is 2.30. The molecule has 0 bridgehead atoms. The lowest BCUT2D eigenvalue weighted by molar-refractivity contribution is 0.0746. The second-order valence-corrected chi connectivity index (χ2v) is 5.80. The van der Waals surface area contributed by atoms with Gasteiger partial charge in [-0.3, -0.25) is 9.59 Å². The Kier molecular flexibility index (Phi) is 4.19. The molecular weight excluding hydrogens is 302 g/mol. The number of aromatic amines is 1. The molecular formula is C14H17N5O2S. The Morgan fingerprint density at radius 1 is 1.32 bits per heavy atom. The van der Waals surface area contributed by atoms with Crippen molar-refractivity contribution in [1.29, 1.82) is 0 Å². The van der Waals surface area contributed by atoms with Gasteiger partial charge in [0.15, 0.2) is 0 Å². The van der Waals surface area contributed by atoms with E-state index in [1.807, 2.05) is 6.92 Å². The highest BCUT2D eigenvalue weighted by molar-refractivity contribution is 7.09. The molecule has 2 aromatic rings. The molecule has 22 heavy (non-hydrogen) atoms. The first-order chi connectivity index (χ1) is 10.7. The summed E-state index contributed by atoms with van der Waals surface area (Å²) in [5, 5.41) is 0.924. The van der Waals surface area contributed by atoms with E-state index in [-0.39, 0.29) is 11.5 Å². The number of hydrogen-bond acceptors (Lipinski definition) is 6. The van der Waals surface area contributed by atoms with Gasteiger partial charge in [0.05, 0.1) is 5.56 Å². The summed E-state index contributed by atoms with van der Waals surface area (Å²) in [4.78, 5) is 34.4. The zero-order valence-electron chi connectivity index (χ0n) is 12.3. The molecule has 0 aromatic carbocycles. The van der Waals surface area contributed by atoms with Crippen molar-refractivity contribution in [2.75, 3.05) is 31.1 Å². The Morgan fingerprint density at radius 2 is 2.09 bits per heavy atom. The lowest BCUT2D eigenvalue weighted by Crippen LogP contribution is -2.48. The van der Waals surface area contributed by atoms with Crippen molar-refractivity contribution in [3.63, 3.8) is 0 Å². The van der Waals surface area contributed by atoms with E-state index in [0.29, 0.717) is 18.7 Å². The minimum absolute atomic E-state index is 0.0533. The number of nitrogens with one attached hydrogen (secondary N) is 1. The molecule has 0 radical (unpaired) electrons. The van der Waals surface area contributed by atoms with Crippen molar-refractivity contribution < 1.29 is 4.79 Å². The van der Waals surface area contributed by atoms with E-state index < -0.39 is 0 Å². The minimum atomic E-state index is -0.204. The van der Waals surface area contributed by atoms with Crippen LogP contribution in [0.2, 0.25) is 0 Å². The van der Waals surface area contributed by atoms with Gasteiger partial charge in [0.2, 0.25) is 10.7 Å². The monoisotopic (exact) mass is 319 g/mol. The molecule has 1 aliphatic rings. The van der Waals surface area contributed by atoms with Gasteiger partial charge in [-0.1, -0.05) is 6.92 Å². The van der Waals surface area contributed by atoms with Crippen molar-refractivity contribution in [3.05, 3.63) is 40.1 Å². The van der Waals surface area contributed by atoms with Crippen LogP contribution in [0.1, 0.15) is 23.1 Å². The number of aryl methyl sites for hydroxylation is 1. The third-order valence-electron chi connectivity index (χ3n) is 3.64. The number of pyridine rings is 1. The molecule has 0 atom stereocenters. The van der Waals surface area contributed by atoms with Crippen LogP contribution in [0, 0.1) is 0 Å². The van der Waals surface area contributed by atoms with Crippen molar-refractivity contribution in [2.24, 2.45) is 0 Å². The SMILES string of the molecule is CCc1nsc(N2CCN(C(=O)c3ccc(=O)[nH]c3)CC2)n1. The van der Waals surface area contributed by atoms with Crippen LogP contribution in [0.3, 0.4) is 0 Å². The van der Waals surface area contributed by atoms with Gasteiger partial charge in [-0.15, -0.1) is 0 Å². The smallest absolute Gasteiger partial charge is 0.255 e. The predicted molar refractivity (Wildman–Crippen MR) is 84.5 cm³/mol. The van der Waals surface area contributed by atoms with Gasteiger partial charge in [-0.25, -0.2) is 4.98 Å². The molecule has 3 rings (SSSR count). The third-order valence-corrected chi connectivity index (χ3v) is 4.46. The van der Waals surface area contributed by atoms with Crippen LogP contribution >= 0.6 is 11.5 Å². The Bertz CT molecular complexity index is 698. The summed E-state index contributed by atoms with van der Waals surface area (Å²) in [5.74, 6) is 0.814. The first-order valence-electron chi connectivity index (χ1n) is 7.23. The van der Waals surface area contributed by atoms with Crippen LogP contribution in [0.5, 0.6) is 0 Å². The van der Waals surface area contributed by atoms with E-state index in [1.54, 1.807) is 11.0 Å². The number of H-pyrrole nitrogens is 1. The minimum Gasteiger partial charge on any atom is -0.343 e. The molecule has 0 spiro atoms. The summed E-state index contributed by atoms with van der Waals surface area (Å²) in [5.41, 5.74) is 0.307. The zero-order valence-corrected chi connectivity index (χ0v) is 13.1. The number of piperazine rings is 1. The average molecular weight is 319 g/mol. The lowest BCUT2D eigenvalue weighted by atomic mass is 10.2. The molecule has 1 amide bonds. The van der Waals surface area contributed by atoms with E-state index in [9.17, 15) is 9.59 Å². The number of rotatable bonds is 3. The normalized spacial score (nSPS) is 15.1. The van der Waals surface area contributed by atoms with Crippen LogP contribution < -0.4 is 10.5 Å². The highest BCUT2D eigenvalue weighted by Gasteiger charge is 2.24. The molecule has 0 saturated carbocycles. The highest BCUT2D eigenvalue weighted by Crippen LogP contribution is 2.19. The number of amides is 1. The summed E-state index contributed by atoms with van der Waals surface area (Å²) in [6, 6.07) is 2.93. The fourth-order valence-electron chi connectivity index (χ4n) is 2.34. The van der Waals surface area contributed by atoms with Gasteiger partial charge in [0, 0.05) is 56.4 Å². The number of carbonyl (C=O) groups is 1. The Labute approximate surface area is 131 Å². The molecule has 1 saturated heterocycles. The van der Waals surface area contributed by atoms with Crippen molar-refractivity contribution in [3.8, 4) is 0 Å². The van der Waals surface area contributed by atoms with Crippen LogP contribution in [0.15, 0.2) is 23.1 Å². The maximum Gasteiger partial charge on any atom is 0.255 e. The van der Waals surface area contributed by atoms with Gasteiger partial charge < -0.3 is 14.8 Å². The maximum absolute atomic E-state index is 12.4. The molecule has 116 valence electrons. The first kappa shape index (κ1) is 14.7. The van der Waals surface area contributed by atoms with Crippen LogP contribution in [0.25, 0.3) is 0 Å². The zero-order chi connectivity index (χ0) is 15.5. The van der Waals surface area contributed by atoms with E-state index in [1.165, 1.54) is 23.8 Å². The standard InChI is InChI=1S/C14H17N5O2S/c1-2-11-16-14(22-17-11)19-7-5-18(6-8-19)13(21)10-3-4-12(20)15-9-10/h3-4,9H,2,5-8H2,1H3,(H,15,20). The summed E-state index contributed by atoms with van der Waals surface area (Å²) in [7, 11) is 0. The number of hydrogen-bond donors (Lipinski definition) is 1. The van der Waals surface area contributed by atoms with Gasteiger partial charge in [-0.05, 0) is 6.07 Å². The van der Waals surface area contributed by atoms with Gasteiger partial charge >= 0.3 is 0 Å². The van der Waals surface area contributed by atoms with Crippen molar-refractivity contribution >= 4 is 22.6 Å². The van der Waals surface area contributed by atoms with E-state index in [0.717, 1.165) is 30.5 Å². The fourth-order valence-corrected chi connectivity index (χ4v) is 3.14. The summed E-state index contributed by atoms with van der Waals surface area (Å²) in [6.45, 7) is 4.80. The summed E-state index contributed by atoms with van der Waals surface area (Å²) < 4.78 is 4.29. The van der Waals surface area contributed by atoms with Crippen LogP contribution in [-0.4, -0.2) is 51.3 Å². The third kappa shape index (κ3) is 3.01. The molecule has 7 nitrogen and oxygen atoms in total. The quantitative estimate of drug-likeness (QED) is 0.903. The van der Waals surface area contributed by atoms with E-state index in [2.05, 4.69) is 19.2 Å². The molecule has 3 heterocycles. The molecule has 2 aromatic heterocycles. The first-order valence-corrected chi connectivity index (χ1v) is 8.00. The molecule has 0 unspecified atom stereocenters. The summed E-state index contributed by atoms with van der Waals surface area (Å²) >= 11 is 1.41. The van der Waals surface area contributed by atoms with Crippen LogP contribution in [-0.2, 0) is 6.42 Å². The second-order valence-electron chi connectivity index (χ2n) is 5.07. The largest absolute Gasteiger partial charge is 0.343 e. The average Bonchev–Trinajstić information content (AvgIpc) is 3.04. The second kappa shape index (κ2) is 6.27. The van der Waals surface area contributed by atoms with Crippen molar-refractivity contribution in [1.82, 2.24) is 19.2 Å². The number of anilines is 1. The molecule has 8 heteroatoms. The molecule has 1 aliphatic heterocycles. The van der Waals surface area contributed by atoms with E-state index >= 15 is 0 Å². The lowest BCUT2D eigenvalue weighted by Gasteiger charge is -2.34. The van der Waals surface area contributed by atoms with Gasteiger partial charge in [0.25, 0.3) is 5.91 Å². The van der Waals surface area contributed by atoms with Crippen molar-refractivity contribution in [2.45, 2.75) is 13.3 Å². The topological polar surface area (TPSA) is 82.2 Å². The Morgan fingerprint density at radius 3 is 2.68 bits per heavy atom. The number of aromatic nitrogens is 3. The van der Waals surface area contributed by atoms with Gasteiger partial charge in [-0.2, -0.15) is 4.37 Å². The van der Waals surface area contributed by atoms with E-state index in [4.69, 9.17) is 0 Å². The predicted octanol–water partition coefficient (Wildman–Crippen LogP) is 0.751. The fraction of sp³-hybridized carbons (Fsp3) is 0.429. The highest BCUT2D eigenvalue weighted by atomic mass is 32.1. The Balaban J connectivity index is 1.62. The number of carbonyl (C=O) groups excluding carboxylic acids is 1. The molecule has 1 fully saturated rings. The van der Waals surface area contributed by atoms with Gasteiger partial charge in [0.1, 0.15) is 5.82 Å². The molecule has 1 N–H and O–H groups in total. The van der Waals surface area contributed by atoms with Crippen LogP contribution in [0.4, 0.5) is 5.13 Å². The number of nitrogens with zero attached hydrogens (tertiary/aromatic N) is 4.